The predicted molar refractivity (Wildman–Crippen MR) is 67.6 cm³/mol. The second-order valence-electron chi connectivity index (χ2n) is 5.51. The van der Waals surface area contributed by atoms with Crippen molar-refractivity contribution in [3.05, 3.63) is 29.3 Å². The van der Waals surface area contributed by atoms with E-state index in [9.17, 15) is 17.6 Å². The Kier molecular flexibility index (Phi) is 3.58. The van der Waals surface area contributed by atoms with Crippen LogP contribution in [0.4, 0.5) is 23.2 Å². The van der Waals surface area contributed by atoms with E-state index in [4.69, 9.17) is 0 Å². The summed E-state index contributed by atoms with van der Waals surface area (Å²) in [5.41, 5.74) is -0.572. The van der Waals surface area contributed by atoms with Gasteiger partial charge in [-0.2, -0.15) is 0 Å². The van der Waals surface area contributed by atoms with E-state index in [1.807, 2.05) is 0 Å². The Morgan fingerprint density at radius 2 is 1.70 bits per heavy atom. The van der Waals surface area contributed by atoms with E-state index >= 15 is 0 Å². The first-order valence-corrected chi connectivity index (χ1v) is 6.89. The molecule has 1 aromatic carbocycles. The van der Waals surface area contributed by atoms with Crippen molar-refractivity contribution in [2.24, 2.45) is 5.92 Å². The minimum atomic E-state index is -1.35. The van der Waals surface area contributed by atoms with Gasteiger partial charge < -0.3 is 10.2 Å². The molecule has 1 heterocycles. The first-order valence-electron chi connectivity index (χ1n) is 6.89. The van der Waals surface area contributed by atoms with E-state index in [2.05, 4.69) is 5.32 Å². The number of hydrogen-bond donors (Lipinski definition) is 1. The third-order valence-corrected chi connectivity index (χ3v) is 4.02. The summed E-state index contributed by atoms with van der Waals surface area (Å²) < 4.78 is 54.4. The zero-order chi connectivity index (χ0) is 14.3. The minimum absolute atomic E-state index is 0.127. The van der Waals surface area contributed by atoms with Gasteiger partial charge in [0, 0.05) is 25.2 Å². The fourth-order valence-electron chi connectivity index (χ4n) is 2.81. The Bertz CT molecular complexity index is 490. The van der Waals surface area contributed by atoms with Crippen LogP contribution in [0, 0.1) is 29.2 Å². The topological polar surface area (TPSA) is 15.3 Å². The van der Waals surface area contributed by atoms with E-state index in [1.54, 1.807) is 0 Å². The van der Waals surface area contributed by atoms with Gasteiger partial charge in [-0.15, -0.1) is 0 Å². The van der Waals surface area contributed by atoms with Crippen LogP contribution in [-0.4, -0.2) is 25.7 Å². The molecule has 20 heavy (non-hydrogen) atoms. The molecule has 1 N–H and O–H groups in total. The van der Waals surface area contributed by atoms with Crippen LogP contribution >= 0.6 is 0 Å². The lowest BCUT2D eigenvalue weighted by Crippen LogP contribution is -2.40. The summed E-state index contributed by atoms with van der Waals surface area (Å²) in [4.78, 5) is 1.43. The Labute approximate surface area is 114 Å². The van der Waals surface area contributed by atoms with Gasteiger partial charge in [0.1, 0.15) is 5.69 Å². The Morgan fingerprint density at radius 1 is 1.05 bits per heavy atom. The molecule has 1 aliphatic heterocycles. The van der Waals surface area contributed by atoms with Gasteiger partial charge in [-0.05, 0) is 31.7 Å². The number of benzene rings is 1. The third-order valence-electron chi connectivity index (χ3n) is 4.02. The summed E-state index contributed by atoms with van der Waals surface area (Å²) in [5, 5.41) is 3.34. The number of anilines is 1. The first kappa shape index (κ1) is 13.7. The molecule has 2 fully saturated rings. The van der Waals surface area contributed by atoms with Crippen molar-refractivity contribution in [1.29, 1.82) is 0 Å². The average Bonchev–Trinajstić information content (AvgIpc) is 3.23. The molecule has 3 rings (SSSR count). The highest BCUT2D eigenvalue weighted by atomic mass is 19.2. The summed E-state index contributed by atoms with van der Waals surface area (Å²) >= 11 is 0. The van der Waals surface area contributed by atoms with Gasteiger partial charge in [-0.1, -0.05) is 0 Å². The zero-order valence-corrected chi connectivity index (χ0v) is 10.9. The molecule has 1 aromatic rings. The molecule has 2 aliphatic rings. The zero-order valence-electron chi connectivity index (χ0n) is 10.9. The SMILES string of the molecule is Fc1cc(F)c(F)c(N2CCCNC(C3CC3)C2)c1F. The van der Waals surface area contributed by atoms with E-state index < -0.39 is 29.0 Å². The van der Waals surface area contributed by atoms with Crippen molar-refractivity contribution in [3.8, 4) is 0 Å². The number of hydrogen-bond acceptors (Lipinski definition) is 2. The number of halogens is 4. The Balaban J connectivity index is 1.94. The van der Waals surface area contributed by atoms with Crippen LogP contribution in [0.1, 0.15) is 19.3 Å². The molecular formula is C14H16F4N2. The maximum absolute atomic E-state index is 13.9. The monoisotopic (exact) mass is 288 g/mol. The molecule has 0 bridgehead atoms. The Hall–Kier alpha value is -1.30. The van der Waals surface area contributed by atoms with E-state index in [0.29, 0.717) is 25.4 Å². The third kappa shape index (κ3) is 2.49. The molecule has 110 valence electrons. The van der Waals surface area contributed by atoms with Gasteiger partial charge in [0.25, 0.3) is 0 Å². The molecule has 6 heteroatoms. The van der Waals surface area contributed by atoms with Crippen molar-refractivity contribution in [2.75, 3.05) is 24.5 Å². The molecule has 0 amide bonds. The average molecular weight is 288 g/mol. The second kappa shape index (κ2) is 5.24. The van der Waals surface area contributed by atoms with Gasteiger partial charge in [0.15, 0.2) is 23.3 Å². The van der Waals surface area contributed by atoms with Crippen LogP contribution in [0.25, 0.3) is 0 Å². The van der Waals surface area contributed by atoms with Gasteiger partial charge in [-0.25, -0.2) is 17.6 Å². The highest BCUT2D eigenvalue weighted by molar-refractivity contribution is 5.50. The van der Waals surface area contributed by atoms with Crippen molar-refractivity contribution in [2.45, 2.75) is 25.3 Å². The van der Waals surface area contributed by atoms with Crippen LogP contribution in [0.5, 0.6) is 0 Å². The van der Waals surface area contributed by atoms with E-state index in [-0.39, 0.29) is 12.1 Å². The summed E-state index contributed by atoms with van der Waals surface area (Å²) in [7, 11) is 0. The molecule has 1 saturated carbocycles. The molecule has 1 atom stereocenters. The lowest BCUT2D eigenvalue weighted by atomic mass is 10.1. The summed E-state index contributed by atoms with van der Waals surface area (Å²) in [5.74, 6) is -4.81. The van der Waals surface area contributed by atoms with Crippen LogP contribution in [0.3, 0.4) is 0 Å². The summed E-state index contributed by atoms with van der Waals surface area (Å²) in [6, 6.07) is 0.380. The highest BCUT2D eigenvalue weighted by Crippen LogP contribution is 2.35. The van der Waals surface area contributed by atoms with E-state index in [1.165, 1.54) is 4.90 Å². The van der Waals surface area contributed by atoms with E-state index in [0.717, 1.165) is 19.4 Å². The number of nitrogens with one attached hydrogen (secondary N) is 1. The lowest BCUT2D eigenvalue weighted by molar-refractivity contribution is 0.445. The highest BCUT2D eigenvalue weighted by Gasteiger charge is 2.35. The predicted octanol–water partition coefficient (Wildman–Crippen LogP) is 2.82. The van der Waals surface area contributed by atoms with Crippen LogP contribution < -0.4 is 10.2 Å². The van der Waals surface area contributed by atoms with Gasteiger partial charge in [0.2, 0.25) is 0 Å². The standard InChI is InChI=1S/C14H16F4N2/c15-9-6-10(16)13(18)14(12(9)17)20-5-1-4-19-11(7-20)8-2-3-8/h6,8,11,19H,1-5,7H2. The molecule has 1 aliphatic carbocycles. The normalized spacial score (nSPS) is 23.8. The van der Waals surface area contributed by atoms with Gasteiger partial charge >= 0.3 is 0 Å². The number of nitrogens with zero attached hydrogens (tertiary/aromatic N) is 1. The molecule has 0 spiro atoms. The van der Waals surface area contributed by atoms with Crippen molar-refractivity contribution in [3.63, 3.8) is 0 Å². The van der Waals surface area contributed by atoms with Crippen LogP contribution in [-0.2, 0) is 0 Å². The van der Waals surface area contributed by atoms with Crippen LogP contribution in [0.2, 0.25) is 0 Å². The molecule has 1 unspecified atom stereocenters. The summed E-state index contributed by atoms with van der Waals surface area (Å²) in [6.07, 6.45) is 2.86. The van der Waals surface area contributed by atoms with Gasteiger partial charge in [-0.3, -0.25) is 0 Å². The van der Waals surface area contributed by atoms with Gasteiger partial charge in [0.05, 0.1) is 0 Å². The molecule has 0 aromatic heterocycles. The molecule has 0 radical (unpaired) electrons. The molecule has 2 nitrogen and oxygen atoms in total. The lowest BCUT2D eigenvalue weighted by Gasteiger charge is -2.27. The van der Waals surface area contributed by atoms with Crippen molar-refractivity contribution in [1.82, 2.24) is 5.32 Å². The largest absolute Gasteiger partial charge is 0.365 e. The molecular weight excluding hydrogens is 272 g/mol. The quantitative estimate of drug-likeness (QED) is 0.665. The smallest absolute Gasteiger partial charge is 0.185 e. The minimum Gasteiger partial charge on any atom is -0.365 e. The summed E-state index contributed by atoms with van der Waals surface area (Å²) in [6.45, 7) is 1.51. The second-order valence-corrected chi connectivity index (χ2v) is 5.51. The maximum atomic E-state index is 13.9. The fraction of sp³-hybridized carbons (Fsp3) is 0.571. The number of rotatable bonds is 2. The molecule has 1 saturated heterocycles. The van der Waals surface area contributed by atoms with Crippen molar-refractivity contribution < 1.29 is 17.6 Å². The maximum Gasteiger partial charge on any atom is 0.185 e. The van der Waals surface area contributed by atoms with Crippen LogP contribution in [0.15, 0.2) is 6.07 Å². The Morgan fingerprint density at radius 3 is 2.30 bits per heavy atom. The van der Waals surface area contributed by atoms with Crippen molar-refractivity contribution >= 4 is 5.69 Å². The first-order chi connectivity index (χ1) is 9.58. The fourth-order valence-corrected chi connectivity index (χ4v) is 2.81.